The van der Waals surface area contributed by atoms with E-state index in [1.165, 1.54) is 0 Å². The summed E-state index contributed by atoms with van der Waals surface area (Å²) >= 11 is 0. The molecule has 0 aliphatic rings. The fourth-order valence-electron chi connectivity index (χ4n) is 1.45. The first-order valence-electron chi connectivity index (χ1n) is 5.33. The molecule has 5 nitrogen and oxygen atoms in total. The first-order valence-corrected chi connectivity index (χ1v) is 5.33. The van der Waals surface area contributed by atoms with Crippen molar-refractivity contribution >= 4 is 0 Å². The van der Waals surface area contributed by atoms with Crippen molar-refractivity contribution in [2.24, 2.45) is 11.8 Å². The van der Waals surface area contributed by atoms with Crippen LogP contribution in [0, 0.1) is 23.2 Å². The topological polar surface area (TPSA) is 71.9 Å². The van der Waals surface area contributed by atoms with Crippen LogP contribution in [0.4, 0.5) is 0 Å². The number of hydrogen-bond donors (Lipinski definition) is 0. The summed E-state index contributed by atoms with van der Waals surface area (Å²) in [7, 11) is 1.62. The number of hydrogen-bond acceptors (Lipinski definition) is 5. The van der Waals surface area contributed by atoms with Crippen LogP contribution in [0.1, 0.15) is 38.6 Å². The molecule has 0 aliphatic carbocycles. The molecule has 0 N–H and O–H groups in total. The molecular formula is C11H17N3O2. The molecule has 0 fully saturated rings. The van der Waals surface area contributed by atoms with E-state index in [9.17, 15) is 0 Å². The fourth-order valence-corrected chi connectivity index (χ4v) is 1.45. The average Bonchev–Trinajstić information content (AvgIpc) is 2.66. The van der Waals surface area contributed by atoms with Crippen LogP contribution < -0.4 is 0 Å². The molecule has 2 unspecified atom stereocenters. The second-order valence-electron chi connectivity index (χ2n) is 4.18. The van der Waals surface area contributed by atoms with E-state index in [1.54, 1.807) is 7.11 Å². The van der Waals surface area contributed by atoms with Crippen molar-refractivity contribution in [3.8, 4) is 6.07 Å². The van der Waals surface area contributed by atoms with Crippen molar-refractivity contribution in [3.05, 3.63) is 11.7 Å². The van der Waals surface area contributed by atoms with Crippen LogP contribution in [0.5, 0.6) is 0 Å². The van der Waals surface area contributed by atoms with Gasteiger partial charge in [-0.1, -0.05) is 19.0 Å². The minimum Gasteiger partial charge on any atom is -0.373 e. The highest BCUT2D eigenvalue weighted by atomic mass is 16.5. The Kier molecular flexibility index (Phi) is 4.44. The van der Waals surface area contributed by atoms with Gasteiger partial charge in [-0.25, -0.2) is 0 Å². The second kappa shape index (κ2) is 5.61. The van der Waals surface area contributed by atoms with Crippen LogP contribution in [-0.4, -0.2) is 17.3 Å². The van der Waals surface area contributed by atoms with E-state index >= 15 is 0 Å². The lowest BCUT2D eigenvalue weighted by Gasteiger charge is -2.14. The largest absolute Gasteiger partial charge is 0.373 e. The Hall–Kier alpha value is -1.41. The number of nitriles is 1. The molecule has 0 spiro atoms. The lowest BCUT2D eigenvalue weighted by Crippen LogP contribution is -2.10. The molecule has 16 heavy (non-hydrogen) atoms. The standard InChI is InChI=1S/C11H17N3O2/c1-7(2)10(15-4)11-13-9(16-14-11)5-8(3)6-12/h7-8,10H,5H2,1-4H3. The molecule has 0 saturated carbocycles. The minimum absolute atomic E-state index is 0.117. The molecule has 0 amide bonds. The van der Waals surface area contributed by atoms with Gasteiger partial charge in [0.05, 0.1) is 12.0 Å². The summed E-state index contributed by atoms with van der Waals surface area (Å²) in [6.45, 7) is 5.88. The average molecular weight is 223 g/mol. The van der Waals surface area contributed by atoms with Crippen LogP contribution >= 0.6 is 0 Å². The van der Waals surface area contributed by atoms with Gasteiger partial charge in [-0.05, 0) is 12.8 Å². The molecule has 0 aliphatic heterocycles. The molecule has 0 saturated heterocycles. The maximum Gasteiger partial charge on any atom is 0.228 e. The Balaban J connectivity index is 2.74. The first-order chi connectivity index (χ1) is 7.58. The molecule has 0 radical (unpaired) electrons. The molecule has 0 bridgehead atoms. The molecule has 1 aromatic heterocycles. The van der Waals surface area contributed by atoms with Crippen molar-refractivity contribution in [1.29, 1.82) is 5.26 Å². The van der Waals surface area contributed by atoms with E-state index in [2.05, 4.69) is 16.2 Å². The van der Waals surface area contributed by atoms with Gasteiger partial charge in [0.25, 0.3) is 0 Å². The van der Waals surface area contributed by atoms with Gasteiger partial charge in [0.2, 0.25) is 11.7 Å². The SMILES string of the molecule is COC(c1noc(CC(C)C#N)n1)C(C)C. The summed E-state index contributed by atoms with van der Waals surface area (Å²) in [5.74, 6) is 1.21. The third-order valence-electron chi connectivity index (χ3n) is 2.30. The summed E-state index contributed by atoms with van der Waals surface area (Å²) in [5, 5.41) is 12.6. The van der Waals surface area contributed by atoms with Gasteiger partial charge in [-0.2, -0.15) is 10.2 Å². The van der Waals surface area contributed by atoms with Crippen LogP contribution in [0.3, 0.4) is 0 Å². The van der Waals surface area contributed by atoms with Gasteiger partial charge < -0.3 is 9.26 Å². The van der Waals surface area contributed by atoms with E-state index < -0.39 is 0 Å². The van der Waals surface area contributed by atoms with Crippen molar-refractivity contribution in [1.82, 2.24) is 10.1 Å². The zero-order valence-corrected chi connectivity index (χ0v) is 10.1. The normalized spacial score (nSPS) is 14.8. The zero-order chi connectivity index (χ0) is 12.1. The molecule has 5 heteroatoms. The van der Waals surface area contributed by atoms with Gasteiger partial charge in [0.15, 0.2) is 0 Å². The molecule has 1 heterocycles. The summed E-state index contributed by atoms with van der Waals surface area (Å²) in [6.07, 6.45) is 0.327. The predicted octanol–water partition coefficient (Wildman–Crippen LogP) is 2.12. The Morgan fingerprint density at radius 2 is 2.12 bits per heavy atom. The first kappa shape index (κ1) is 12.7. The Labute approximate surface area is 95.4 Å². The monoisotopic (exact) mass is 223 g/mol. The van der Waals surface area contributed by atoms with E-state index in [0.29, 0.717) is 18.1 Å². The van der Waals surface area contributed by atoms with Gasteiger partial charge in [-0.3, -0.25) is 0 Å². The van der Waals surface area contributed by atoms with Crippen molar-refractivity contribution in [2.45, 2.75) is 33.3 Å². The van der Waals surface area contributed by atoms with Crippen molar-refractivity contribution in [2.75, 3.05) is 7.11 Å². The summed E-state index contributed by atoms with van der Waals surface area (Å²) in [4.78, 5) is 4.24. The van der Waals surface area contributed by atoms with Gasteiger partial charge in [-0.15, -0.1) is 0 Å². The molecular weight excluding hydrogens is 206 g/mol. The summed E-state index contributed by atoms with van der Waals surface area (Å²) in [5.41, 5.74) is 0. The third-order valence-corrected chi connectivity index (χ3v) is 2.30. The second-order valence-corrected chi connectivity index (χ2v) is 4.18. The maximum absolute atomic E-state index is 8.68. The minimum atomic E-state index is -0.158. The number of rotatable bonds is 5. The van der Waals surface area contributed by atoms with E-state index in [1.807, 2.05) is 20.8 Å². The summed E-state index contributed by atoms with van der Waals surface area (Å²) < 4.78 is 10.4. The van der Waals surface area contributed by atoms with Crippen LogP contribution in [0.25, 0.3) is 0 Å². The molecule has 1 aromatic rings. The molecule has 2 atom stereocenters. The lowest BCUT2D eigenvalue weighted by atomic mass is 10.1. The Morgan fingerprint density at radius 1 is 1.44 bits per heavy atom. The van der Waals surface area contributed by atoms with E-state index in [0.717, 1.165) is 0 Å². The van der Waals surface area contributed by atoms with E-state index in [4.69, 9.17) is 14.5 Å². The van der Waals surface area contributed by atoms with Gasteiger partial charge in [0, 0.05) is 13.5 Å². The van der Waals surface area contributed by atoms with Crippen molar-refractivity contribution < 1.29 is 9.26 Å². The highest BCUT2D eigenvalue weighted by Crippen LogP contribution is 2.22. The van der Waals surface area contributed by atoms with Crippen LogP contribution in [0.15, 0.2) is 4.52 Å². The molecule has 0 aromatic carbocycles. The number of aromatic nitrogens is 2. The van der Waals surface area contributed by atoms with Gasteiger partial charge in [0.1, 0.15) is 6.10 Å². The third kappa shape index (κ3) is 3.04. The van der Waals surface area contributed by atoms with Crippen LogP contribution in [-0.2, 0) is 11.2 Å². The Bertz CT molecular complexity index is 368. The smallest absolute Gasteiger partial charge is 0.228 e. The Morgan fingerprint density at radius 3 is 2.62 bits per heavy atom. The zero-order valence-electron chi connectivity index (χ0n) is 10.1. The lowest BCUT2D eigenvalue weighted by molar-refractivity contribution is 0.0555. The predicted molar refractivity (Wildman–Crippen MR) is 57.4 cm³/mol. The fraction of sp³-hybridized carbons (Fsp3) is 0.727. The van der Waals surface area contributed by atoms with Gasteiger partial charge >= 0.3 is 0 Å². The number of ether oxygens (including phenoxy) is 1. The van der Waals surface area contributed by atoms with E-state index in [-0.39, 0.29) is 17.9 Å². The highest BCUT2D eigenvalue weighted by molar-refractivity contribution is 4.95. The quantitative estimate of drug-likeness (QED) is 0.764. The van der Waals surface area contributed by atoms with Crippen LogP contribution in [0.2, 0.25) is 0 Å². The molecule has 88 valence electrons. The van der Waals surface area contributed by atoms with Crippen molar-refractivity contribution in [3.63, 3.8) is 0 Å². The summed E-state index contributed by atoms with van der Waals surface area (Å²) in [6, 6.07) is 2.13. The highest BCUT2D eigenvalue weighted by Gasteiger charge is 2.21. The number of nitrogens with zero attached hydrogens (tertiary/aromatic N) is 3. The maximum atomic E-state index is 8.68. The number of methoxy groups -OCH3 is 1. The molecule has 1 rings (SSSR count).